The van der Waals surface area contributed by atoms with Crippen LogP contribution in [0.2, 0.25) is 0 Å². The molecule has 0 amide bonds. The normalized spacial score (nSPS) is 10.7. The first-order chi connectivity index (χ1) is 5.74. The highest BCUT2D eigenvalue weighted by Crippen LogP contribution is 1.93. The highest BCUT2D eigenvalue weighted by Gasteiger charge is 2.03. The van der Waals surface area contributed by atoms with E-state index in [-0.39, 0.29) is 6.54 Å². The van der Waals surface area contributed by atoms with Crippen molar-refractivity contribution >= 4 is 12.2 Å². The fraction of sp³-hybridized carbons (Fsp3) is 0.167. The number of aromatic nitrogens is 2. The van der Waals surface area contributed by atoms with Crippen LogP contribution < -0.4 is 0 Å². The fourth-order valence-electron chi connectivity index (χ4n) is 0.779. The minimum absolute atomic E-state index is 0.193. The van der Waals surface area contributed by atoms with Gasteiger partial charge in [-0.2, -0.15) is 0 Å². The van der Waals surface area contributed by atoms with E-state index in [0.717, 1.165) is 6.21 Å². The van der Waals surface area contributed by atoms with Crippen molar-refractivity contribution in [2.45, 2.75) is 6.54 Å². The Morgan fingerprint density at radius 2 is 2.58 bits per heavy atom. The van der Waals surface area contributed by atoms with Crippen LogP contribution in [-0.2, 0) is 11.3 Å². The third-order valence-corrected chi connectivity index (χ3v) is 1.23. The molecule has 0 spiro atoms. The second kappa shape index (κ2) is 3.51. The van der Waals surface area contributed by atoms with E-state index in [4.69, 9.17) is 10.3 Å². The topological polar surface area (TPSA) is 87.7 Å². The first kappa shape index (κ1) is 8.25. The van der Waals surface area contributed by atoms with Crippen molar-refractivity contribution in [1.82, 2.24) is 9.55 Å². The van der Waals surface area contributed by atoms with Crippen LogP contribution in [0.4, 0.5) is 0 Å². The van der Waals surface area contributed by atoms with Crippen LogP contribution in [0, 0.1) is 0 Å². The molecule has 0 radical (unpaired) electrons. The molecule has 1 rings (SSSR count). The van der Waals surface area contributed by atoms with Gasteiger partial charge >= 0.3 is 5.97 Å². The molecule has 0 unspecified atom stereocenters. The summed E-state index contributed by atoms with van der Waals surface area (Å²) in [4.78, 5) is 14.0. The summed E-state index contributed by atoms with van der Waals surface area (Å²) in [5.41, 5.74) is 0. The lowest BCUT2D eigenvalue weighted by Crippen LogP contribution is -2.10. The number of carboxylic acids is 1. The minimum atomic E-state index is -0.972. The average Bonchev–Trinajstić information content (AvgIpc) is 2.37. The zero-order valence-corrected chi connectivity index (χ0v) is 6.08. The van der Waals surface area contributed by atoms with Gasteiger partial charge in [-0.1, -0.05) is 5.16 Å². The second-order valence-corrected chi connectivity index (χ2v) is 2.05. The van der Waals surface area contributed by atoms with E-state index in [1.807, 2.05) is 0 Å². The molecule has 1 aromatic rings. The molecule has 0 aromatic carbocycles. The molecular formula is C6H7N3O3. The van der Waals surface area contributed by atoms with Gasteiger partial charge in [-0.15, -0.1) is 0 Å². The molecule has 0 fully saturated rings. The van der Waals surface area contributed by atoms with Gasteiger partial charge in [0.25, 0.3) is 0 Å². The Kier molecular flexibility index (Phi) is 2.42. The molecule has 0 aliphatic rings. The van der Waals surface area contributed by atoms with Gasteiger partial charge in [-0.05, 0) is 0 Å². The number of hydrogen-bond acceptors (Lipinski definition) is 4. The molecule has 2 N–H and O–H groups in total. The maximum atomic E-state index is 10.3. The lowest BCUT2D eigenvalue weighted by molar-refractivity contribution is -0.137. The van der Waals surface area contributed by atoms with Gasteiger partial charge in [0, 0.05) is 12.4 Å². The van der Waals surface area contributed by atoms with Crippen LogP contribution in [0.1, 0.15) is 5.82 Å². The van der Waals surface area contributed by atoms with E-state index in [2.05, 4.69) is 10.1 Å². The van der Waals surface area contributed by atoms with E-state index in [9.17, 15) is 4.79 Å². The van der Waals surface area contributed by atoms with Crippen LogP contribution in [-0.4, -0.2) is 32.0 Å². The molecule has 0 aliphatic heterocycles. The number of rotatable bonds is 3. The van der Waals surface area contributed by atoms with Crippen LogP contribution in [0.5, 0.6) is 0 Å². The van der Waals surface area contributed by atoms with Crippen molar-refractivity contribution in [2.75, 3.05) is 0 Å². The molecule has 12 heavy (non-hydrogen) atoms. The van der Waals surface area contributed by atoms with Gasteiger partial charge in [-0.3, -0.25) is 4.79 Å². The van der Waals surface area contributed by atoms with E-state index >= 15 is 0 Å². The van der Waals surface area contributed by atoms with Gasteiger partial charge in [-0.25, -0.2) is 4.98 Å². The summed E-state index contributed by atoms with van der Waals surface area (Å²) >= 11 is 0. The molecular weight excluding hydrogens is 162 g/mol. The average molecular weight is 169 g/mol. The molecule has 0 saturated heterocycles. The molecule has 0 atom stereocenters. The van der Waals surface area contributed by atoms with Crippen molar-refractivity contribution in [1.29, 1.82) is 0 Å². The molecule has 1 aromatic heterocycles. The standard InChI is InChI=1S/C6H7N3O3/c10-6(11)4-9-2-1-7-5(9)3-8-12/h1-3,12H,4H2,(H,10,11)/b8-3+. The highest BCUT2D eigenvalue weighted by atomic mass is 16.4. The SMILES string of the molecule is O=C(O)Cn1ccnc1/C=N/O. The summed E-state index contributed by atoms with van der Waals surface area (Å²) < 4.78 is 1.35. The maximum absolute atomic E-state index is 10.3. The monoisotopic (exact) mass is 169 g/mol. The number of carbonyl (C=O) groups is 1. The lowest BCUT2D eigenvalue weighted by atomic mass is 10.6. The number of oxime groups is 1. The molecule has 6 heteroatoms. The van der Waals surface area contributed by atoms with Gasteiger partial charge in [0.1, 0.15) is 12.8 Å². The van der Waals surface area contributed by atoms with E-state index in [1.54, 1.807) is 0 Å². The second-order valence-electron chi connectivity index (χ2n) is 2.05. The number of nitrogens with zero attached hydrogens (tertiary/aromatic N) is 3. The molecule has 1 heterocycles. The van der Waals surface area contributed by atoms with E-state index in [0.29, 0.717) is 5.82 Å². The fourth-order valence-corrected chi connectivity index (χ4v) is 0.779. The summed E-state index contributed by atoms with van der Waals surface area (Å²) in [6.07, 6.45) is 3.99. The smallest absolute Gasteiger partial charge is 0.323 e. The van der Waals surface area contributed by atoms with Crippen molar-refractivity contribution in [3.63, 3.8) is 0 Å². The van der Waals surface area contributed by atoms with Crippen molar-refractivity contribution in [3.8, 4) is 0 Å². The number of aliphatic carboxylic acids is 1. The Bertz CT molecular complexity index is 305. The van der Waals surface area contributed by atoms with Gasteiger partial charge in [0.15, 0.2) is 5.82 Å². The summed E-state index contributed by atoms with van der Waals surface area (Å²) in [6.45, 7) is -0.193. The van der Waals surface area contributed by atoms with Crippen molar-refractivity contribution < 1.29 is 15.1 Å². The molecule has 0 saturated carbocycles. The van der Waals surface area contributed by atoms with Crippen LogP contribution in [0.3, 0.4) is 0 Å². The molecule has 6 nitrogen and oxygen atoms in total. The molecule has 0 aliphatic carbocycles. The summed E-state index contributed by atoms with van der Waals surface area (Å²) in [5, 5.41) is 19.3. The number of hydrogen-bond donors (Lipinski definition) is 2. The largest absolute Gasteiger partial charge is 0.480 e. The molecule has 0 bridgehead atoms. The first-order valence-corrected chi connectivity index (χ1v) is 3.14. The Morgan fingerprint density at radius 1 is 1.83 bits per heavy atom. The molecule has 64 valence electrons. The van der Waals surface area contributed by atoms with E-state index in [1.165, 1.54) is 17.0 Å². The minimum Gasteiger partial charge on any atom is -0.480 e. The zero-order valence-electron chi connectivity index (χ0n) is 6.08. The van der Waals surface area contributed by atoms with Gasteiger partial charge in [0.2, 0.25) is 0 Å². The van der Waals surface area contributed by atoms with E-state index < -0.39 is 5.97 Å². The summed E-state index contributed by atoms with van der Waals surface area (Å²) in [5.74, 6) is -0.666. The first-order valence-electron chi connectivity index (χ1n) is 3.14. The highest BCUT2D eigenvalue weighted by molar-refractivity contribution is 5.75. The zero-order chi connectivity index (χ0) is 8.97. The van der Waals surface area contributed by atoms with Crippen LogP contribution in [0.25, 0.3) is 0 Å². The Labute approximate surface area is 67.8 Å². The van der Waals surface area contributed by atoms with Gasteiger partial charge < -0.3 is 14.9 Å². The number of imidazole rings is 1. The van der Waals surface area contributed by atoms with Gasteiger partial charge in [0.05, 0.1) is 0 Å². The van der Waals surface area contributed by atoms with Crippen molar-refractivity contribution in [3.05, 3.63) is 18.2 Å². The third kappa shape index (κ3) is 1.82. The van der Waals surface area contributed by atoms with Crippen LogP contribution >= 0.6 is 0 Å². The quantitative estimate of drug-likeness (QED) is 0.372. The predicted molar refractivity (Wildman–Crippen MR) is 39.2 cm³/mol. The van der Waals surface area contributed by atoms with Crippen LogP contribution in [0.15, 0.2) is 17.5 Å². The van der Waals surface area contributed by atoms with Crippen molar-refractivity contribution in [2.24, 2.45) is 5.16 Å². The Morgan fingerprint density at radius 3 is 3.17 bits per heavy atom. The maximum Gasteiger partial charge on any atom is 0.323 e. The summed E-state index contributed by atoms with van der Waals surface area (Å²) in [7, 11) is 0. The Balaban J connectivity index is 2.83. The summed E-state index contributed by atoms with van der Waals surface area (Å²) in [6, 6.07) is 0. The lowest BCUT2D eigenvalue weighted by Gasteiger charge is -1.97. The predicted octanol–water partition coefficient (Wildman–Crippen LogP) is -0.224. The Hall–Kier alpha value is -1.85. The number of carboxylic acid groups (broad SMARTS) is 1. The third-order valence-electron chi connectivity index (χ3n) is 1.23.